The first-order chi connectivity index (χ1) is 10.2. The molecule has 2 fully saturated rings. The molecule has 5 nitrogen and oxygen atoms in total. The predicted octanol–water partition coefficient (Wildman–Crippen LogP) is 2.22. The van der Waals surface area contributed by atoms with Crippen molar-refractivity contribution in [1.29, 1.82) is 0 Å². The van der Waals surface area contributed by atoms with E-state index in [1.807, 2.05) is 12.4 Å². The molecule has 0 amide bonds. The predicted molar refractivity (Wildman–Crippen MR) is 80.0 cm³/mol. The van der Waals surface area contributed by atoms with Crippen LogP contribution in [0.15, 0.2) is 12.4 Å². The molecule has 0 saturated heterocycles. The van der Waals surface area contributed by atoms with Crippen molar-refractivity contribution in [3.63, 3.8) is 0 Å². The topological polar surface area (TPSA) is 56.2 Å². The highest BCUT2D eigenvalue weighted by Crippen LogP contribution is 2.39. The van der Waals surface area contributed by atoms with Gasteiger partial charge < -0.3 is 9.30 Å². The molecule has 2 aliphatic carbocycles. The molecule has 1 N–H and O–H groups in total. The number of hydrogen-bond donors (Lipinski definition) is 1. The molecule has 0 aromatic carbocycles. The molecule has 0 spiro atoms. The Morgan fingerprint density at radius 1 is 1.52 bits per heavy atom. The van der Waals surface area contributed by atoms with Gasteiger partial charge in [0.05, 0.1) is 7.11 Å². The minimum absolute atomic E-state index is 0.0998. The maximum atomic E-state index is 12.4. The fraction of sp³-hybridized carbons (Fsp3) is 0.750. The van der Waals surface area contributed by atoms with E-state index in [1.165, 1.54) is 20.0 Å². The van der Waals surface area contributed by atoms with Crippen molar-refractivity contribution in [2.45, 2.75) is 69.5 Å². The minimum atomic E-state index is -0.506. The van der Waals surface area contributed by atoms with Crippen LogP contribution in [0.4, 0.5) is 0 Å². The van der Waals surface area contributed by atoms with E-state index in [1.54, 1.807) is 0 Å². The third-order valence-corrected chi connectivity index (χ3v) is 4.82. The Morgan fingerprint density at radius 3 is 3.00 bits per heavy atom. The third-order valence-electron chi connectivity index (χ3n) is 4.82. The molecule has 2 aliphatic rings. The summed E-state index contributed by atoms with van der Waals surface area (Å²) in [4.78, 5) is 16.8. The summed E-state index contributed by atoms with van der Waals surface area (Å²) in [6, 6.07) is 0.831. The monoisotopic (exact) mass is 291 g/mol. The van der Waals surface area contributed by atoms with E-state index in [2.05, 4.69) is 21.8 Å². The van der Waals surface area contributed by atoms with Crippen molar-refractivity contribution in [3.8, 4) is 0 Å². The molecule has 1 aromatic heterocycles. The number of carbonyl (C=O) groups excluding carboxylic acids is 1. The van der Waals surface area contributed by atoms with Crippen LogP contribution < -0.4 is 5.32 Å². The molecular weight excluding hydrogens is 266 g/mol. The Labute approximate surface area is 126 Å². The van der Waals surface area contributed by atoms with Crippen molar-refractivity contribution in [2.24, 2.45) is 0 Å². The van der Waals surface area contributed by atoms with Crippen molar-refractivity contribution >= 4 is 5.97 Å². The molecule has 0 bridgehead atoms. The molecular formula is C16H25N3O2. The molecule has 116 valence electrons. The second kappa shape index (κ2) is 5.79. The molecule has 5 heteroatoms. The quantitative estimate of drug-likeness (QED) is 0.845. The van der Waals surface area contributed by atoms with E-state index in [-0.39, 0.29) is 5.97 Å². The van der Waals surface area contributed by atoms with E-state index in [9.17, 15) is 4.79 Å². The van der Waals surface area contributed by atoms with Crippen LogP contribution in [0.3, 0.4) is 0 Å². The number of hydrogen-bond acceptors (Lipinski definition) is 4. The number of methoxy groups -OCH3 is 1. The van der Waals surface area contributed by atoms with Gasteiger partial charge in [0.1, 0.15) is 11.4 Å². The lowest BCUT2D eigenvalue weighted by Crippen LogP contribution is -2.56. The van der Waals surface area contributed by atoms with Crippen LogP contribution in [-0.4, -0.2) is 34.2 Å². The number of nitrogens with one attached hydrogen (secondary N) is 1. The van der Waals surface area contributed by atoms with E-state index in [4.69, 9.17) is 4.74 Å². The van der Waals surface area contributed by atoms with E-state index < -0.39 is 5.54 Å². The van der Waals surface area contributed by atoms with Gasteiger partial charge in [0.25, 0.3) is 0 Å². The Bertz CT molecular complexity index is 509. The Hall–Kier alpha value is -1.36. The Balaban J connectivity index is 1.83. The first kappa shape index (κ1) is 14.6. The zero-order valence-electron chi connectivity index (χ0n) is 13.0. The summed E-state index contributed by atoms with van der Waals surface area (Å²) < 4.78 is 7.37. The standard InChI is InChI=1S/C16H25N3O2/c1-3-14-17-9-10-19(14)13-5-4-8-16(11-13,15(20)21-2)18-12-6-7-12/h9-10,12-13,18H,3-8,11H2,1-2H3. The fourth-order valence-corrected chi connectivity index (χ4v) is 3.62. The average molecular weight is 291 g/mol. The summed E-state index contributed by atoms with van der Waals surface area (Å²) in [5.41, 5.74) is -0.506. The highest BCUT2D eigenvalue weighted by Gasteiger charge is 2.47. The average Bonchev–Trinajstić information content (AvgIpc) is 3.19. The van der Waals surface area contributed by atoms with Crippen molar-refractivity contribution in [2.75, 3.05) is 7.11 Å². The molecule has 0 radical (unpaired) electrons. The highest BCUT2D eigenvalue weighted by molar-refractivity contribution is 5.81. The van der Waals surface area contributed by atoms with Crippen LogP contribution in [0.1, 0.15) is 57.3 Å². The van der Waals surface area contributed by atoms with Gasteiger partial charge in [-0.15, -0.1) is 0 Å². The zero-order valence-corrected chi connectivity index (χ0v) is 13.0. The molecule has 2 unspecified atom stereocenters. The van der Waals surface area contributed by atoms with Crippen molar-refractivity contribution in [3.05, 3.63) is 18.2 Å². The number of ether oxygens (including phenoxy) is 1. The number of esters is 1. The summed E-state index contributed by atoms with van der Waals surface area (Å²) in [6.07, 6.45) is 11.0. The van der Waals surface area contributed by atoms with E-state index in [0.717, 1.165) is 37.9 Å². The molecule has 2 atom stereocenters. The van der Waals surface area contributed by atoms with Crippen LogP contribution in [0, 0.1) is 0 Å². The second-order valence-corrected chi connectivity index (χ2v) is 6.35. The molecule has 3 rings (SSSR count). The summed E-state index contributed by atoms with van der Waals surface area (Å²) in [5.74, 6) is 1.00. The van der Waals surface area contributed by atoms with Gasteiger partial charge in [-0.05, 0) is 38.5 Å². The van der Waals surface area contributed by atoms with Crippen LogP contribution in [-0.2, 0) is 16.0 Å². The minimum Gasteiger partial charge on any atom is -0.468 e. The van der Waals surface area contributed by atoms with Crippen molar-refractivity contribution in [1.82, 2.24) is 14.9 Å². The lowest BCUT2D eigenvalue weighted by Gasteiger charge is -2.40. The summed E-state index contributed by atoms with van der Waals surface area (Å²) >= 11 is 0. The van der Waals surface area contributed by atoms with E-state index in [0.29, 0.717) is 12.1 Å². The van der Waals surface area contributed by atoms with Gasteiger partial charge >= 0.3 is 5.97 Å². The lowest BCUT2D eigenvalue weighted by molar-refractivity contribution is -0.151. The first-order valence-corrected chi connectivity index (χ1v) is 8.06. The molecule has 1 aromatic rings. The first-order valence-electron chi connectivity index (χ1n) is 8.06. The Kier molecular flexibility index (Phi) is 4.02. The number of aromatic nitrogens is 2. The van der Waals surface area contributed by atoms with Gasteiger partial charge in [0.2, 0.25) is 0 Å². The molecule has 2 saturated carbocycles. The largest absolute Gasteiger partial charge is 0.468 e. The van der Waals surface area contributed by atoms with E-state index >= 15 is 0 Å². The summed E-state index contributed by atoms with van der Waals surface area (Å²) in [7, 11) is 1.50. The number of rotatable bonds is 5. The fourth-order valence-electron chi connectivity index (χ4n) is 3.62. The van der Waals surface area contributed by atoms with Crippen LogP contribution >= 0.6 is 0 Å². The number of nitrogens with zero attached hydrogens (tertiary/aromatic N) is 2. The number of aryl methyl sites for hydroxylation is 1. The maximum absolute atomic E-state index is 12.4. The third kappa shape index (κ3) is 2.84. The normalized spacial score (nSPS) is 29.3. The van der Waals surface area contributed by atoms with Crippen LogP contribution in [0.5, 0.6) is 0 Å². The van der Waals surface area contributed by atoms with Gasteiger partial charge in [0.15, 0.2) is 0 Å². The zero-order chi connectivity index (χ0) is 14.9. The summed E-state index contributed by atoms with van der Waals surface area (Å²) in [6.45, 7) is 2.12. The van der Waals surface area contributed by atoms with Crippen molar-refractivity contribution < 1.29 is 9.53 Å². The smallest absolute Gasteiger partial charge is 0.326 e. The molecule has 0 aliphatic heterocycles. The lowest BCUT2D eigenvalue weighted by atomic mass is 9.78. The number of carbonyl (C=O) groups is 1. The van der Waals surface area contributed by atoms with Gasteiger partial charge in [-0.2, -0.15) is 0 Å². The molecule has 1 heterocycles. The number of imidazole rings is 1. The van der Waals surface area contributed by atoms with Gasteiger partial charge in [0, 0.05) is 30.9 Å². The van der Waals surface area contributed by atoms with Gasteiger partial charge in [-0.3, -0.25) is 10.1 Å². The summed E-state index contributed by atoms with van der Waals surface area (Å²) in [5, 5.41) is 3.58. The van der Waals surface area contributed by atoms with Crippen LogP contribution in [0.2, 0.25) is 0 Å². The Morgan fingerprint density at radius 2 is 2.33 bits per heavy atom. The SMILES string of the molecule is CCc1nccn1C1CCCC(NC2CC2)(C(=O)OC)C1. The maximum Gasteiger partial charge on any atom is 0.326 e. The highest BCUT2D eigenvalue weighted by atomic mass is 16.5. The molecule has 21 heavy (non-hydrogen) atoms. The van der Waals surface area contributed by atoms with Crippen LogP contribution in [0.25, 0.3) is 0 Å². The van der Waals surface area contributed by atoms with Gasteiger partial charge in [-0.1, -0.05) is 6.92 Å². The second-order valence-electron chi connectivity index (χ2n) is 6.35. The van der Waals surface area contributed by atoms with Gasteiger partial charge in [-0.25, -0.2) is 4.98 Å².